The van der Waals surface area contributed by atoms with Gasteiger partial charge in [-0.25, -0.2) is 0 Å². The maximum atomic E-state index is 12.5. The van der Waals surface area contributed by atoms with Crippen LogP contribution in [0.15, 0.2) is 54.6 Å². The highest BCUT2D eigenvalue weighted by Crippen LogP contribution is 2.22. The summed E-state index contributed by atoms with van der Waals surface area (Å²) in [7, 11) is 1.65. The number of benzene rings is 2. The fourth-order valence-electron chi connectivity index (χ4n) is 2.42. The lowest BCUT2D eigenvalue weighted by Gasteiger charge is -2.20. The molecule has 0 radical (unpaired) electrons. The van der Waals surface area contributed by atoms with E-state index in [1.54, 1.807) is 18.9 Å². The van der Waals surface area contributed by atoms with Crippen molar-refractivity contribution in [3.8, 4) is 5.75 Å². The Morgan fingerprint density at radius 2 is 1.79 bits per heavy atom. The molecule has 1 N–H and O–H groups in total. The molecule has 0 aliphatic heterocycles. The average molecular weight is 343 g/mol. The lowest BCUT2D eigenvalue weighted by Crippen LogP contribution is -2.34. The Labute approximate surface area is 148 Å². The fraction of sp³-hybridized carbons (Fsp3) is 0.350. The summed E-state index contributed by atoms with van der Waals surface area (Å²) in [5.74, 6) is 1.75. The zero-order chi connectivity index (χ0) is 17.4. The molecular weight excluding hydrogens is 318 g/mol. The van der Waals surface area contributed by atoms with Gasteiger partial charge in [-0.3, -0.25) is 4.79 Å². The summed E-state index contributed by atoms with van der Waals surface area (Å²) < 4.78 is 5.19. The molecule has 0 saturated carbocycles. The highest BCUT2D eigenvalue weighted by atomic mass is 32.2. The van der Waals surface area contributed by atoms with E-state index in [-0.39, 0.29) is 17.2 Å². The van der Waals surface area contributed by atoms with Crippen LogP contribution in [0.4, 0.5) is 0 Å². The molecule has 2 aromatic carbocycles. The van der Waals surface area contributed by atoms with Gasteiger partial charge in [-0.2, -0.15) is 0 Å². The lowest BCUT2D eigenvalue weighted by molar-refractivity contribution is -0.121. The van der Waals surface area contributed by atoms with Crippen LogP contribution in [0.3, 0.4) is 0 Å². The molecule has 0 unspecified atom stereocenters. The first kappa shape index (κ1) is 18.4. The summed E-state index contributed by atoms with van der Waals surface area (Å²) in [5.41, 5.74) is 2.34. The van der Waals surface area contributed by atoms with E-state index in [4.69, 9.17) is 4.74 Å². The van der Waals surface area contributed by atoms with Crippen LogP contribution in [0.1, 0.15) is 37.4 Å². The van der Waals surface area contributed by atoms with Gasteiger partial charge in [-0.1, -0.05) is 49.4 Å². The number of ether oxygens (including phenoxy) is 1. The van der Waals surface area contributed by atoms with Gasteiger partial charge in [0.15, 0.2) is 0 Å². The molecule has 0 aliphatic rings. The van der Waals surface area contributed by atoms with Gasteiger partial charge < -0.3 is 10.1 Å². The highest BCUT2D eigenvalue weighted by molar-refractivity contribution is 7.99. The van der Waals surface area contributed by atoms with E-state index in [0.29, 0.717) is 0 Å². The number of methoxy groups -OCH3 is 1. The van der Waals surface area contributed by atoms with Gasteiger partial charge in [0.05, 0.1) is 18.4 Å². The Balaban J connectivity index is 1.90. The third kappa shape index (κ3) is 5.31. The summed E-state index contributed by atoms with van der Waals surface area (Å²) in [6, 6.07) is 18.1. The molecule has 0 spiro atoms. The van der Waals surface area contributed by atoms with Crippen molar-refractivity contribution in [1.82, 2.24) is 5.32 Å². The second-order valence-corrected chi connectivity index (χ2v) is 7.01. The van der Waals surface area contributed by atoms with Crippen LogP contribution in [0.2, 0.25) is 0 Å². The van der Waals surface area contributed by atoms with Crippen molar-refractivity contribution in [2.45, 2.75) is 37.3 Å². The summed E-state index contributed by atoms with van der Waals surface area (Å²) in [6.45, 7) is 4.04. The molecule has 0 bridgehead atoms. The van der Waals surface area contributed by atoms with Crippen molar-refractivity contribution in [2.24, 2.45) is 0 Å². The summed E-state index contributed by atoms with van der Waals surface area (Å²) in [5, 5.41) is 3.07. The number of carbonyl (C=O) groups is 1. The maximum absolute atomic E-state index is 12.5. The summed E-state index contributed by atoms with van der Waals surface area (Å²) in [6.07, 6.45) is 0.855. The van der Waals surface area contributed by atoms with E-state index in [9.17, 15) is 4.79 Å². The molecule has 0 aliphatic carbocycles. The molecule has 2 atom stereocenters. The van der Waals surface area contributed by atoms with Crippen LogP contribution in [-0.2, 0) is 10.5 Å². The van der Waals surface area contributed by atoms with E-state index >= 15 is 0 Å². The zero-order valence-corrected chi connectivity index (χ0v) is 15.3. The van der Waals surface area contributed by atoms with Gasteiger partial charge >= 0.3 is 0 Å². The Bertz CT molecular complexity index is 628. The first-order valence-corrected chi connectivity index (χ1v) is 9.28. The van der Waals surface area contributed by atoms with Gasteiger partial charge in [0.1, 0.15) is 5.75 Å². The number of hydrogen-bond acceptors (Lipinski definition) is 3. The number of rotatable bonds is 8. The maximum Gasteiger partial charge on any atom is 0.233 e. The molecule has 4 heteroatoms. The van der Waals surface area contributed by atoms with Gasteiger partial charge in [-0.15, -0.1) is 11.8 Å². The van der Waals surface area contributed by atoms with Gasteiger partial charge in [-0.05, 0) is 36.6 Å². The molecule has 1 amide bonds. The van der Waals surface area contributed by atoms with Gasteiger partial charge in [0.25, 0.3) is 0 Å². The molecule has 0 saturated heterocycles. The topological polar surface area (TPSA) is 38.3 Å². The minimum Gasteiger partial charge on any atom is -0.497 e. The predicted octanol–water partition coefficient (Wildman–Crippen LogP) is 4.58. The predicted molar refractivity (Wildman–Crippen MR) is 101 cm³/mol. The average Bonchev–Trinajstić information content (AvgIpc) is 2.64. The van der Waals surface area contributed by atoms with Crippen molar-refractivity contribution in [1.29, 1.82) is 0 Å². The van der Waals surface area contributed by atoms with Crippen molar-refractivity contribution in [2.75, 3.05) is 7.11 Å². The number of hydrogen-bond donors (Lipinski definition) is 1. The second kappa shape index (κ2) is 9.38. The molecule has 0 heterocycles. The van der Waals surface area contributed by atoms with Crippen LogP contribution in [-0.4, -0.2) is 18.3 Å². The Hall–Kier alpha value is -1.94. The molecule has 2 rings (SSSR count). The first-order chi connectivity index (χ1) is 11.6. The standard InChI is InChI=1S/C20H25NO2S/c1-4-19(17-10-12-18(23-3)13-11-17)21-20(22)15(2)24-14-16-8-6-5-7-9-16/h5-13,15,19H,4,14H2,1-3H3,(H,21,22)/t15-,19-/m0/s1. The summed E-state index contributed by atoms with van der Waals surface area (Å²) in [4.78, 5) is 12.5. The van der Waals surface area contributed by atoms with Crippen molar-refractivity contribution in [3.63, 3.8) is 0 Å². The van der Waals surface area contributed by atoms with Crippen molar-refractivity contribution in [3.05, 3.63) is 65.7 Å². The van der Waals surface area contributed by atoms with Crippen molar-refractivity contribution >= 4 is 17.7 Å². The minimum absolute atomic E-state index is 0.0307. The zero-order valence-electron chi connectivity index (χ0n) is 14.5. The van der Waals surface area contributed by atoms with Gasteiger partial charge in [0, 0.05) is 5.75 Å². The molecule has 0 fully saturated rings. The monoisotopic (exact) mass is 343 g/mol. The largest absolute Gasteiger partial charge is 0.497 e. The molecule has 2 aromatic rings. The number of thioether (sulfide) groups is 1. The van der Waals surface area contributed by atoms with E-state index in [1.807, 2.05) is 49.4 Å². The Morgan fingerprint density at radius 1 is 1.12 bits per heavy atom. The lowest BCUT2D eigenvalue weighted by atomic mass is 10.0. The Kier molecular flexibility index (Phi) is 7.19. The van der Waals surface area contributed by atoms with Crippen LogP contribution in [0, 0.1) is 0 Å². The van der Waals surface area contributed by atoms with E-state index < -0.39 is 0 Å². The highest BCUT2D eigenvalue weighted by Gasteiger charge is 2.18. The first-order valence-electron chi connectivity index (χ1n) is 8.24. The fourth-order valence-corrected chi connectivity index (χ4v) is 3.27. The molecule has 128 valence electrons. The summed E-state index contributed by atoms with van der Waals surface area (Å²) >= 11 is 1.66. The van der Waals surface area contributed by atoms with Crippen LogP contribution in [0.25, 0.3) is 0 Å². The van der Waals surface area contributed by atoms with Gasteiger partial charge in [0.2, 0.25) is 5.91 Å². The normalized spacial score (nSPS) is 13.1. The van der Waals surface area contributed by atoms with Crippen LogP contribution >= 0.6 is 11.8 Å². The quantitative estimate of drug-likeness (QED) is 0.762. The molecular formula is C20H25NO2S. The van der Waals surface area contributed by atoms with Crippen molar-refractivity contribution < 1.29 is 9.53 Å². The van der Waals surface area contributed by atoms with E-state index in [1.165, 1.54) is 5.56 Å². The third-order valence-corrected chi connectivity index (χ3v) is 5.17. The second-order valence-electron chi connectivity index (χ2n) is 5.68. The molecule has 3 nitrogen and oxygen atoms in total. The number of nitrogens with one attached hydrogen (secondary N) is 1. The minimum atomic E-state index is -0.0856. The SMILES string of the molecule is CC[C@H](NC(=O)[C@H](C)SCc1ccccc1)c1ccc(OC)cc1. The third-order valence-electron chi connectivity index (χ3n) is 3.95. The van der Waals surface area contributed by atoms with E-state index in [2.05, 4.69) is 24.4 Å². The molecule has 0 aromatic heterocycles. The van der Waals surface area contributed by atoms with Crippen LogP contribution < -0.4 is 10.1 Å². The molecule has 24 heavy (non-hydrogen) atoms. The number of amides is 1. The smallest absolute Gasteiger partial charge is 0.233 e. The van der Waals surface area contributed by atoms with Crippen LogP contribution in [0.5, 0.6) is 5.75 Å². The Morgan fingerprint density at radius 3 is 2.38 bits per heavy atom. The number of carbonyl (C=O) groups excluding carboxylic acids is 1. The van der Waals surface area contributed by atoms with E-state index in [0.717, 1.165) is 23.5 Å².